The second kappa shape index (κ2) is 6.96. The highest BCUT2D eigenvalue weighted by atomic mass is 32.2. The Hall–Kier alpha value is -1.01. The summed E-state index contributed by atoms with van der Waals surface area (Å²) in [6.45, 7) is 5.86. The lowest BCUT2D eigenvalue weighted by molar-refractivity contribution is -0.149. The number of aromatic nitrogens is 2. The van der Waals surface area contributed by atoms with Crippen LogP contribution in [0.5, 0.6) is 0 Å². The molecule has 0 aromatic carbocycles. The van der Waals surface area contributed by atoms with Gasteiger partial charge in [0.25, 0.3) is 0 Å². The largest absolute Gasteiger partial charge is 0.465 e. The van der Waals surface area contributed by atoms with E-state index >= 15 is 0 Å². The minimum absolute atomic E-state index is 0.323. The van der Waals surface area contributed by atoms with E-state index in [-0.39, 0.29) is 5.97 Å². The van der Waals surface area contributed by atoms with Crippen molar-refractivity contribution in [3.63, 3.8) is 0 Å². The second-order valence-electron chi connectivity index (χ2n) is 4.84. The highest BCUT2D eigenvalue weighted by Gasteiger charge is 2.29. The van der Waals surface area contributed by atoms with Crippen molar-refractivity contribution in [2.75, 3.05) is 12.4 Å². The molecule has 1 heterocycles. The molecule has 1 aromatic heterocycles. The predicted octanol–water partition coefficient (Wildman–Crippen LogP) is 1.88. The molecule has 19 heavy (non-hydrogen) atoms. The molecule has 0 spiro atoms. The van der Waals surface area contributed by atoms with Gasteiger partial charge in [-0.15, -0.1) is 11.8 Å². The van der Waals surface area contributed by atoms with Gasteiger partial charge in [0.15, 0.2) is 0 Å². The maximum Gasteiger partial charge on any atom is 0.325 e. The Morgan fingerprint density at radius 1 is 1.63 bits per heavy atom. The summed E-state index contributed by atoms with van der Waals surface area (Å²) in [5, 5.41) is 5.42. The van der Waals surface area contributed by atoms with Gasteiger partial charge < -0.3 is 10.5 Å². The fourth-order valence-corrected chi connectivity index (χ4v) is 2.72. The molecule has 0 bridgehead atoms. The van der Waals surface area contributed by atoms with Crippen LogP contribution in [-0.4, -0.2) is 33.6 Å². The summed E-state index contributed by atoms with van der Waals surface area (Å²) in [7, 11) is 1.93. The van der Waals surface area contributed by atoms with Crippen molar-refractivity contribution in [3.05, 3.63) is 11.8 Å². The summed E-state index contributed by atoms with van der Waals surface area (Å²) in [5.41, 5.74) is 6.08. The first-order chi connectivity index (χ1) is 8.86. The van der Waals surface area contributed by atoms with Crippen LogP contribution in [0.15, 0.2) is 11.1 Å². The van der Waals surface area contributed by atoms with Gasteiger partial charge in [0, 0.05) is 7.05 Å². The molecule has 1 rings (SSSR count). The third-order valence-electron chi connectivity index (χ3n) is 2.79. The van der Waals surface area contributed by atoms with Crippen LogP contribution < -0.4 is 5.73 Å². The van der Waals surface area contributed by atoms with Gasteiger partial charge in [-0.1, -0.05) is 0 Å². The van der Waals surface area contributed by atoms with Crippen molar-refractivity contribution in [1.29, 1.82) is 0 Å². The van der Waals surface area contributed by atoms with E-state index in [1.54, 1.807) is 25.6 Å². The van der Waals surface area contributed by atoms with Crippen molar-refractivity contribution in [1.82, 2.24) is 9.78 Å². The highest BCUT2D eigenvalue weighted by molar-refractivity contribution is 7.99. The maximum absolute atomic E-state index is 11.6. The zero-order valence-electron chi connectivity index (χ0n) is 12.1. The molecule has 0 saturated carbocycles. The minimum Gasteiger partial charge on any atom is -0.465 e. The number of hydrogen-bond acceptors (Lipinski definition) is 5. The molecule has 0 aliphatic heterocycles. The van der Waals surface area contributed by atoms with Crippen LogP contribution in [0.1, 0.15) is 32.4 Å². The van der Waals surface area contributed by atoms with Gasteiger partial charge in [0.2, 0.25) is 0 Å². The summed E-state index contributed by atoms with van der Waals surface area (Å²) < 4.78 is 6.83. The zero-order chi connectivity index (χ0) is 14.5. The summed E-state index contributed by atoms with van der Waals surface area (Å²) in [6, 6.07) is 2.05. The first-order valence-electron chi connectivity index (χ1n) is 6.46. The number of nitrogens with zero attached hydrogens (tertiary/aromatic N) is 2. The van der Waals surface area contributed by atoms with E-state index in [1.165, 1.54) is 0 Å². The standard InChI is InChI=1S/C13H23N3O2S/c1-5-18-12(17)13(3,14)7-6-8-19-11-9-10(2)15-16(11)4/h9H,5-8,14H2,1-4H3. The monoisotopic (exact) mass is 285 g/mol. The van der Waals surface area contributed by atoms with Gasteiger partial charge in [-0.3, -0.25) is 9.48 Å². The van der Waals surface area contributed by atoms with Crippen LogP contribution in [0.25, 0.3) is 0 Å². The average molecular weight is 285 g/mol. The molecule has 1 atom stereocenters. The van der Waals surface area contributed by atoms with Crippen LogP contribution in [0.3, 0.4) is 0 Å². The van der Waals surface area contributed by atoms with Crippen molar-refractivity contribution in [2.24, 2.45) is 12.8 Å². The fraction of sp³-hybridized carbons (Fsp3) is 0.692. The number of thioether (sulfide) groups is 1. The van der Waals surface area contributed by atoms with Crippen molar-refractivity contribution in [3.8, 4) is 0 Å². The molecule has 0 aliphatic carbocycles. The molecular weight excluding hydrogens is 262 g/mol. The van der Waals surface area contributed by atoms with Crippen molar-refractivity contribution >= 4 is 17.7 Å². The SMILES string of the molecule is CCOC(=O)C(C)(N)CCCSc1cc(C)nn1C. The number of esters is 1. The third kappa shape index (κ3) is 4.87. The third-order valence-corrected chi connectivity index (χ3v) is 3.96. The van der Waals surface area contributed by atoms with Crippen LogP contribution in [0.4, 0.5) is 0 Å². The van der Waals surface area contributed by atoms with Gasteiger partial charge in [-0.2, -0.15) is 5.10 Å². The molecule has 0 saturated heterocycles. The Bertz CT molecular complexity index is 430. The van der Waals surface area contributed by atoms with E-state index in [0.29, 0.717) is 13.0 Å². The number of carbonyl (C=O) groups excluding carboxylic acids is 1. The Morgan fingerprint density at radius 3 is 2.84 bits per heavy atom. The molecule has 5 nitrogen and oxygen atoms in total. The normalized spacial score (nSPS) is 14.2. The Morgan fingerprint density at radius 2 is 2.32 bits per heavy atom. The molecule has 1 unspecified atom stereocenters. The lowest BCUT2D eigenvalue weighted by Gasteiger charge is -2.21. The van der Waals surface area contributed by atoms with E-state index < -0.39 is 5.54 Å². The second-order valence-corrected chi connectivity index (χ2v) is 5.95. The topological polar surface area (TPSA) is 70.1 Å². The Kier molecular flexibility index (Phi) is 5.87. The van der Waals surface area contributed by atoms with E-state index in [9.17, 15) is 4.79 Å². The van der Waals surface area contributed by atoms with E-state index in [0.717, 1.165) is 22.9 Å². The van der Waals surface area contributed by atoms with Gasteiger partial charge in [0.1, 0.15) is 5.54 Å². The maximum atomic E-state index is 11.6. The van der Waals surface area contributed by atoms with Crippen LogP contribution in [-0.2, 0) is 16.6 Å². The van der Waals surface area contributed by atoms with Gasteiger partial charge >= 0.3 is 5.97 Å². The highest BCUT2D eigenvalue weighted by Crippen LogP contribution is 2.21. The quantitative estimate of drug-likeness (QED) is 0.470. The first-order valence-corrected chi connectivity index (χ1v) is 7.45. The molecule has 108 valence electrons. The molecule has 1 aromatic rings. The average Bonchev–Trinajstić information content (AvgIpc) is 2.64. The molecule has 6 heteroatoms. The van der Waals surface area contributed by atoms with E-state index in [4.69, 9.17) is 10.5 Å². The Balaban J connectivity index is 2.34. The van der Waals surface area contributed by atoms with Crippen molar-refractivity contribution in [2.45, 2.75) is 44.2 Å². The van der Waals surface area contributed by atoms with E-state index in [1.807, 2.05) is 18.7 Å². The van der Waals surface area contributed by atoms with Gasteiger partial charge in [0.05, 0.1) is 17.3 Å². The first kappa shape index (κ1) is 16.0. The lowest BCUT2D eigenvalue weighted by atomic mass is 9.98. The van der Waals surface area contributed by atoms with Gasteiger partial charge in [-0.05, 0) is 45.4 Å². The smallest absolute Gasteiger partial charge is 0.325 e. The van der Waals surface area contributed by atoms with Crippen LogP contribution in [0, 0.1) is 6.92 Å². The number of ether oxygens (including phenoxy) is 1. The number of rotatable bonds is 7. The molecule has 2 N–H and O–H groups in total. The number of nitrogens with two attached hydrogens (primary N) is 1. The lowest BCUT2D eigenvalue weighted by Crippen LogP contribution is -2.46. The summed E-state index contributed by atoms with van der Waals surface area (Å²) in [5.74, 6) is 0.585. The molecule has 0 radical (unpaired) electrons. The molecular formula is C13H23N3O2S. The van der Waals surface area contributed by atoms with Gasteiger partial charge in [-0.25, -0.2) is 0 Å². The van der Waals surface area contributed by atoms with Crippen LogP contribution >= 0.6 is 11.8 Å². The molecule has 0 aliphatic rings. The molecule has 0 amide bonds. The van der Waals surface area contributed by atoms with E-state index in [2.05, 4.69) is 11.2 Å². The van der Waals surface area contributed by atoms with Crippen molar-refractivity contribution < 1.29 is 9.53 Å². The zero-order valence-corrected chi connectivity index (χ0v) is 12.9. The fourth-order valence-electron chi connectivity index (χ4n) is 1.74. The summed E-state index contributed by atoms with van der Waals surface area (Å²) in [4.78, 5) is 11.6. The number of aryl methyl sites for hydroxylation is 2. The summed E-state index contributed by atoms with van der Waals surface area (Å²) >= 11 is 1.73. The minimum atomic E-state index is -0.890. The Labute approximate surface area is 118 Å². The number of carbonyl (C=O) groups is 1. The predicted molar refractivity (Wildman–Crippen MR) is 77.1 cm³/mol. The van der Waals surface area contributed by atoms with Crippen LogP contribution in [0.2, 0.25) is 0 Å². The molecule has 0 fully saturated rings. The number of hydrogen-bond donors (Lipinski definition) is 1. The summed E-state index contributed by atoms with van der Waals surface area (Å²) in [6.07, 6.45) is 1.48.